The lowest BCUT2D eigenvalue weighted by molar-refractivity contribution is -0.138. The van der Waals surface area contributed by atoms with Gasteiger partial charge in [0.1, 0.15) is 5.54 Å². The van der Waals surface area contributed by atoms with E-state index in [-0.39, 0.29) is 5.56 Å². The van der Waals surface area contributed by atoms with Gasteiger partial charge in [-0.15, -0.1) is 0 Å². The first-order valence-electron chi connectivity index (χ1n) is 9.02. The lowest BCUT2D eigenvalue weighted by Crippen LogP contribution is -2.52. The number of aromatic nitrogens is 1. The van der Waals surface area contributed by atoms with Crippen LogP contribution in [0.15, 0.2) is 24.3 Å². The Morgan fingerprint density at radius 1 is 1.11 bits per heavy atom. The molecule has 1 aliphatic carbocycles. The van der Waals surface area contributed by atoms with Gasteiger partial charge >= 0.3 is 11.9 Å². The molecular formula is C19H20N4O4. The second-order valence-electron chi connectivity index (χ2n) is 7.15. The molecule has 4 rings (SSSR count). The highest BCUT2D eigenvalue weighted by atomic mass is 16.2. The summed E-state index contributed by atoms with van der Waals surface area (Å²) in [6.07, 6.45) is 3.76. The highest BCUT2D eigenvalue weighted by Crippen LogP contribution is 2.33. The number of hydrogen-bond donors (Lipinski definition) is 3. The SMILES string of the molecule is Cc1[nH]c2ccccc2c1C(=O)C(=O)NN1C(=O)NC2(CCCCC2)C1=O. The first-order chi connectivity index (χ1) is 12.9. The molecule has 2 heterocycles. The Bertz CT molecular complexity index is 971. The molecule has 1 saturated heterocycles. The van der Waals surface area contributed by atoms with Gasteiger partial charge in [-0.25, -0.2) is 10.2 Å². The van der Waals surface area contributed by atoms with Gasteiger partial charge in [0.25, 0.3) is 11.7 Å². The Balaban J connectivity index is 1.57. The number of carbonyl (C=O) groups excluding carboxylic acids is 4. The molecular weight excluding hydrogens is 348 g/mol. The van der Waals surface area contributed by atoms with Crippen LogP contribution in [-0.4, -0.2) is 39.2 Å². The van der Waals surface area contributed by atoms with E-state index in [2.05, 4.69) is 15.7 Å². The highest BCUT2D eigenvalue weighted by Gasteiger charge is 2.52. The number of nitrogens with zero attached hydrogens (tertiary/aromatic N) is 1. The maximum absolute atomic E-state index is 12.7. The summed E-state index contributed by atoms with van der Waals surface area (Å²) >= 11 is 0. The Labute approximate surface area is 155 Å². The zero-order chi connectivity index (χ0) is 19.2. The molecule has 2 aromatic rings. The van der Waals surface area contributed by atoms with Crippen LogP contribution in [0, 0.1) is 6.92 Å². The average Bonchev–Trinajstić information content (AvgIpc) is 3.10. The third kappa shape index (κ3) is 2.68. The molecule has 3 N–H and O–H groups in total. The fourth-order valence-electron chi connectivity index (χ4n) is 4.05. The van der Waals surface area contributed by atoms with Gasteiger partial charge in [0, 0.05) is 16.6 Å². The molecule has 2 fully saturated rings. The molecule has 1 saturated carbocycles. The number of carbonyl (C=O) groups is 4. The fraction of sp³-hybridized carbons (Fsp3) is 0.368. The van der Waals surface area contributed by atoms with Crippen molar-refractivity contribution in [3.63, 3.8) is 0 Å². The van der Waals surface area contributed by atoms with Crippen LogP contribution in [0.25, 0.3) is 10.9 Å². The number of nitrogens with one attached hydrogen (secondary N) is 3. The second kappa shape index (κ2) is 6.22. The van der Waals surface area contributed by atoms with E-state index in [0.29, 0.717) is 28.9 Å². The molecule has 0 atom stereocenters. The standard InChI is InChI=1S/C19H20N4O4/c1-11-14(12-7-3-4-8-13(12)20-11)15(24)16(25)22-23-17(26)19(21-18(23)27)9-5-2-6-10-19/h3-4,7-8,20H,2,5-6,9-10H2,1H3,(H,21,27)(H,22,25). The number of hydrogen-bond acceptors (Lipinski definition) is 4. The van der Waals surface area contributed by atoms with E-state index in [1.165, 1.54) is 0 Å². The van der Waals surface area contributed by atoms with E-state index in [0.717, 1.165) is 24.8 Å². The number of aryl methyl sites for hydroxylation is 1. The van der Waals surface area contributed by atoms with Gasteiger partial charge < -0.3 is 10.3 Å². The first kappa shape index (κ1) is 17.3. The predicted octanol–water partition coefficient (Wildman–Crippen LogP) is 1.94. The number of para-hydroxylation sites is 1. The molecule has 27 heavy (non-hydrogen) atoms. The molecule has 0 unspecified atom stereocenters. The number of amides is 4. The minimum atomic E-state index is -1.01. The molecule has 1 aliphatic heterocycles. The quantitative estimate of drug-likeness (QED) is 0.437. The Hall–Kier alpha value is -3.16. The van der Waals surface area contributed by atoms with E-state index in [9.17, 15) is 19.2 Å². The van der Waals surface area contributed by atoms with Gasteiger partial charge in [0.15, 0.2) is 0 Å². The van der Waals surface area contributed by atoms with Crippen LogP contribution in [0.2, 0.25) is 0 Å². The predicted molar refractivity (Wildman–Crippen MR) is 96.7 cm³/mol. The topological polar surface area (TPSA) is 111 Å². The van der Waals surface area contributed by atoms with Crippen LogP contribution < -0.4 is 10.7 Å². The smallest absolute Gasteiger partial charge is 0.344 e. The molecule has 8 heteroatoms. The summed E-state index contributed by atoms with van der Waals surface area (Å²) < 4.78 is 0. The van der Waals surface area contributed by atoms with E-state index in [1.54, 1.807) is 25.1 Å². The Morgan fingerprint density at radius 3 is 2.56 bits per heavy atom. The maximum Gasteiger partial charge on any atom is 0.344 e. The molecule has 1 spiro atoms. The lowest BCUT2D eigenvalue weighted by atomic mass is 9.82. The molecule has 0 radical (unpaired) electrons. The molecule has 140 valence electrons. The van der Waals surface area contributed by atoms with Crippen LogP contribution >= 0.6 is 0 Å². The van der Waals surface area contributed by atoms with E-state index >= 15 is 0 Å². The minimum Gasteiger partial charge on any atom is -0.358 e. The van der Waals surface area contributed by atoms with Crippen LogP contribution in [0.4, 0.5) is 4.79 Å². The van der Waals surface area contributed by atoms with Gasteiger partial charge in [-0.3, -0.25) is 14.4 Å². The van der Waals surface area contributed by atoms with Crippen LogP contribution in [0.3, 0.4) is 0 Å². The first-order valence-corrected chi connectivity index (χ1v) is 9.02. The molecule has 4 amide bonds. The zero-order valence-electron chi connectivity index (χ0n) is 14.9. The normalized spacial score (nSPS) is 18.8. The summed E-state index contributed by atoms with van der Waals surface area (Å²) in [6.45, 7) is 1.70. The van der Waals surface area contributed by atoms with Gasteiger partial charge in [0.2, 0.25) is 0 Å². The molecule has 0 bridgehead atoms. The number of urea groups is 1. The average molecular weight is 368 g/mol. The number of fused-ring (bicyclic) bond motifs is 1. The number of ketones is 1. The van der Waals surface area contributed by atoms with Crippen LogP contribution in [0.1, 0.15) is 48.2 Å². The van der Waals surface area contributed by atoms with E-state index < -0.39 is 29.2 Å². The van der Waals surface area contributed by atoms with Crippen molar-refractivity contribution < 1.29 is 19.2 Å². The fourth-order valence-corrected chi connectivity index (χ4v) is 4.05. The summed E-state index contributed by atoms with van der Waals surface area (Å²) in [5, 5.41) is 3.96. The van der Waals surface area contributed by atoms with Crippen LogP contribution in [0.5, 0.6) is 0 Å². The van der Waals surface area contributed by atoms with E-state index in [4.69, 9.17) is 0 Å². The summed E-state index contributed by atoms with van der Waals surface area (Å²) in [4.78, 5) is 53.2. The molecule has 1 aromatic heterocycles. The van der Waals surface area contributed by atoms with Crippen molar-refractivity contribution in [1.29, 1.82) is 0 Å². The molecule has 1 aromatic carbocycles. The second-order valence-corrected chi connectivity index (χ2v) is 7.15. The third-order valence-corrected chi connectivity index (χ3v) is 5.41. The molecule has 8 nitrogen and oxygen atoms in total. The van der Waals surface area contributed by atoms with Crippen molar-refractivity contribution in [3.8, 4) is 0 Å². The van der Waals surface area contributed by atoms with Crippen LogP contribution in [-0.2, 0) is 9.59 Å². The number of aromatic amines is 1. The van der Waals surface area contributed by atoms with Crippen molar-refractivity contribution in [2.24, 2.45) is 0 Å². The monoisotopic (exact) mass is 368 g/mol. The van der Waals surface area contributed by atoms with Crippen molar-refractivity contribution in [1.82, 2.24) is 20.7 Å². The highest BCUT2D eigenvalue weighted by molar-refractivity contribution is 6.45. The van der Waals surface area contributed by atoms with Gasteiger partial charge in [-0.05, 0) is 25.8 Å². The maximum atomic E-state index is 12.7. The van der Waals surface area contributed by atoms with Crippen molar-refractivity contribution in [2.45, 2.75) is 44.6 Å². The number of Topliss-reactive ketones (excluding diaryl/α,β-unsaturated/α-hetero) is 1. The number of benzene rings is 1. The summed E-state index contributed by atoms with van der Waals surface area (Å²) in [6, 6.07) is 6.45. The molecule has 2 aliphatic rings. The number of rotatable bonds is 3. The van der Waals surface area contributed by atoms with Gasteiger partial charge in [-0.2, -0.15) is 5.01 Å². The zero-order valence-corrected chi connectivity index (χ0v) is 14.9. The van der Waals surface area contributed by atoms with Crippen molar-refractivity contribution in [3.05, 3.63) is 35.5 Å². The summed E-state index contributed by atoms with van der Waals surface area (Å²) in [5.41, 5.74) is 2.77. The Kier molecular flexibility index (Phi) is 3.98. The largest absolute Gasteiger partial charge is 0.358 e. The Morgan fingerprint density at radius 2 is 1.81 bits per heavy atom. The number of imide groups is 1. The summed E-state index contributed by atoms with van der Waals surface area (Å²) in [7, 11) is 0. The number of hydrazine groups is 1. The van der Waals surface area contributed by atoms with Crippen molar-refractivity contribution in [2.75, 3.05) is 0 Å². The minimum absolute atomic E-state index is 0.238. The summed E-state index contributed by atoms with van der Waals surface area (Å²) in [5.74, 6) is -2.31. The van der Waals surface area contributed by atoms with Gasteiger partial charge in [-0.1, -0.05) is 37.5 Å². The lowest BCUT2D eigenvalue weighted by Gasteiger charge is -2.30. The van der Waals surface area contributed by atoms with Crippen molar-refractivity contribution >= 4 is 34.5 Å². The number of H-pyrrole nitrogens is 1. The van der Waals surface area contributed by atoms with Gasteiger partial charge in [0.05, 0.1) is 5.56 Å². The van der Waals surface area contributed by atoms with E-state index in [1.807, 2.05) is 6.07 Å². The third-order valence-electron chi connectivity index (χ3n) is 5.41.